The summed E-state index contributed by atoms with van der Waals surface area (Å²) in [6.07, 6.45) is 0. The molecule has 0 aliphatic heterocycles. The van der Waals surface area contributed by atoms with Gasteiger partial charge in [-0.25, -0.2) is 4.68 Å². The van der Waals surface area contributed by atoms with Crippen molar-refractivity contribution in [2.24, 2.45) is 0 Å². The van der Waals surface area contributed by atoms with Crippen LogP contribution in [-0.4, -0.2) is 26.5 Å². The van der Waals surface area contributed by atoms with Crippen LogP contribution in [0, 0.1) is 26.8 Å². The first kappa shape index (κ1) is 20.1. The van der Waals surface area contributed by atoms with Crippen LogP contribution in [0.3, 0.4) is 0 Å². The average molecular weight is 627 g/mol. The van der Waals surface area contributed by atoms with Crippen molar-refractivity contribution in [3.8, 4) is 11.6 Å². The van der Waals surface area contributed by atoms with Crippen LogP contribution in [0.25, 0.3) is 33.0 Å². The number of hydrogen-bond acceptors (Lipinski definition) is 3. The van der Waals surface area contributed by atoms with Crippen LogP contribution in [0.4, 0.5) is 0 Å². The van der Waals surface area contributed by atoms with Gasteiger partial charge in [0.25, 0.3) is 0 Å². The Labute approximate surface area is 190 Å². The summed E-state index contributed by atoms with van der Waals surface area (Å²) in [5.41, 5.74) is 5.16. The molecule has 0 saturated heterocycles. The van der Waals surface area contributed by atoms with E-state index in [2.05, 4.69) is 58.3 Å². The molecule has 5 aromatic rings. The van der Waals surface area contributed by atoms with Crippen molar-refractivity contribution >= 4 is 43.1 Å². The van der Waals surface area contributed by atoms with Crippen molar-refractivity contribution in [2.75, 3.05) is 7.11 Å². The third-order valence-corrected chi connectivity index (χ3v) is 5.57. The summed E-state index contributed by atoms with van der Waals surface area (Å²) < 4.78 is 10.3. The molecule has 149 valence electrons. The van der Waals surface area contributed by atoms with Gasteiger partial charge >= 0.3 is 0 Å². The van der Waals surface area contributed by atoms with Gasteiger partial charge in [-0.2, -0.15) is 11.2 Å². The van der Waals surface area contributed by atoms with E-state index < -0.39 is 0 Å². The van der Waals surface area contributed by atoms with Gasteiger partial charge in [-0.05, 0) is 49.4 Å². The topological polar surface area (TPSA) is 44.3 Å². The van der Waals surface area contributed by atoms with Crippen molar-refractivity contribution in [2.45, 2.75) is 20.8 Å². The Bertz CT molecular complexity index is 1400. The Balaban J connectivity index is 0.00000205. The second kappa shape index (κ2) is 7.24. The van der Waals surface area contributed by atoms with Gasteiger partial charge in [-0.3, -0.25) is 4.52 Å². The SMILES string of the molecule is COc1c[c-]c2c(c1)c1cc(Br)cc(C)c1c1cc(-n3nc(C)cc3C)nn21.[Ir]. The number of ether oxygens (including phenoxy) is 1. The monoisotopic (exact) mass is 626 g/mol. The molecular formula is C22H18BrIrN4O-. The molecule has 0 bridgehead atoms. The van der Waals surface area contributed by atoms with Gasteiger partial charge in [0.05, 0.1) is 18.3 Å². The molecule has 2 aromatic carbocycles. The van der Waals surface area contributed by atoms with Gasteiger partial charge in [-0.15, -0.1) is 17.2 Å². The first-order valence-corrected chi connectivity index (χ1v) is 9.80. The Morgan fingerprint density at radius 3 is 2.48 bits per heavy atom. The number of aromatic nitrogens is 4. The Morgan fingerprint density at radius 1 is 1.00 bits per heavy atom. The Kier molecular flexibility index (Phi) is 5.01. The van der Waals surface area contributed by atoms with E-state index in [0.717, 1.165) is 54.6 Å². The van der Waals surface area contributed by atoms with E-state index in [1.165, 1.54) is 5.56 Å². The fraction of sp³-hybridized carbons (Fsp3) is 0.182. The minimum absolute atomic E-state index is 0. The van der Waals surface area contributed by atoms with Crippen LogP contribution in [0.15, 0.2) is 40.9 Å². The van der Waals surface area contributed by atoms with E-state index in [1.807, 2.05) is 35.2 Å². The van der Waals surface area contributed by atoms with Crippen LogP contribution in [0.1, 0.15) is 17.0 Å². The van der Waals surface area contributed by atoms with Gasteiger partial charge in [0.15, 0.2) is 5.82 Å². The maximum atomic E-state index is 5.45. The largest absolute Gasteiger partial charge is 0.554 e. The molecule has 0 amide bonds. The zero-order chi connectivity index (χ0) is 19.6. The number of pyridine rings is 1. The summed E-state index contributed by atoms with van der Waals surface area (Å²) in [6, 6.07) is 15.7. The second-order valence-corrected chi connectivity index (χ2v) is 8.00. The van der Waals surface area contributed by atoms with Crippen LogP contribution in [0.5, 0.6) is 5.75 Å². The summed E-state index contributed by atoms with van der Waals surface area (Å²) in [7, 11) is 1.67. The van der Waals surface area contributed by atoms with Crippen molar-refractivity contribution < 1.29 is 24.8 Å². The summed E-state index contributed by atoms with van der Waals surface area (Å²) in [5, 5.41) is 12.8. The van der Waals surface area contributed by atoms with Crippen molar-refractivity contribution in [1.29, 1.82) is 0 Å². The number of nitrogens with zero attached hydrogens (tertiary/aromatic N) is 4. The molecule has 1 radical (unpaired) electrons. The molecule has 3 heterocycles. The van der Waals surface area contributed by atoms with Crippen LogP contribution in [0.2, 0.25) is 0 Å². The van der Waals surface area contributed by atoms with E-state index >= 15 is 0 Å². The Hall–Kier alpha value is -2.21. The van der Waals surface area contributed by atoms with Crippen LogP contribution < -0.4 is 4.74 Å². The number of benzene rings is 2. The van der Waals surface area contributed by atoms with Gasteiger partial charge in [0.2, 0.25) is 0 Å². The molecule has 5 rings (SSSR count). The molecule has 0 N–H and O–H groups in total. The molecular weight excluding hydrogens is 608 g/mol. The summed E-state index contributed by atoms with van der Waals surface area (Å²) in [4.78, 5) is 0. The molecule has 0 aliphatic carbocycles. The summed E-state index contributed by atoms with van der Waals surface area (Å²) in [6.45, 7) is 6.16. The van der Waals surface area contributed by atoms with E-state index in [4.69, 9.17) is 9.84 Å². The van der Waals surface area contributed by atoms with E-state index in [0.29, 0.717) is 0 Å². The van der Waals surface area contributed by atoms with Crippen LogP contribution >= 0.6 is 15.9 Å². The van der Waals surface area contributed by atoms with E-state index in [1.54, 1.807) is 7.11 Å². The minimum atomic E-state index is 0. The molecule has 0 saturated carbocycles. The molecule has 0 unspecified atom stereocenters. The molecule has 3 aromatic heterocycles. The number of methoxy groups -OCH3 is 1. The number of fused-ring (bicyclic) bond motifs is 6. The molecule has 5 nitrogen and oxygen atoms in total. The zero-order valence-corrected chi connectivity index (χ0v) is 20.4. The van der Waals surface area contributed by atoms with Gasteiger partial charge < -0.3 is 4.74 Å². The summed E-state index contributed by atoms with van der Waals surface area (Å²) >= 11 is 3.64. The first-order valence-electron chi connectivity index (χ1n) is 9.01. The quantitative estimate of drug-likeness (QED) is 0.197. The van der Waals surface area contributed by atoms with Gasteiger partial charge in [0.1, 0.15) is 0 Å². The number of hydrogen-bond donors (Lipinski definition) is 0. The molecule has 0 fully saturated rings. The molecule has 7 heteroatoms. The predicted molar refractivity (Wildman–Crippen MR) is 115 cm³/mol. The Morgan fingerprint density at radius 2 is 1.79 bits per heavy atom. The average Bonchev–Trinajstić information content (AvgIpc) is 3.23. The van der Waals surface area contributed by atoms with Crippen LogP contribution in [-0.2, 0) is 20.1 Å². The molecule has 0 atom stereocenters. The van der Waals surface area contributed by atoms with Crippen molar-refractivity contribution in [3.05, 3.63) is 63.9 Å². The van der Waals surface area contributed by atoms with Gasteiger partial charge in [-0.1, -0.05) is 32.8 Å². The summed E-state index contributed by atoms with van der Waals surface area (Å²) in [5.74, 6) is 1.57. The van der Waals surface area contributed by atoms with E-state index in [-0.39, 0.29) is 20.1 Å². The standard InChI is InChI=1S/C22H18BrN4O.Ir/c1-12-7-15(23)9-18-17-10-16(28-4)5-6-19(17)27-20(22(12)18)11-21(25-27)26-14(3)8-13(2)24-26;/h5,7-11H,1-4H3;/q-1;. The fourth-order valence-electron chi connectivity index (χ4n) is 3.94. The molecule has 0 aliphatic rings. The number of aryl methyl sites for hydroxylation is 3. The maximum Gasteiger partial charge on any atom is 0.176 e. The molecule has 0 spiro atoms. The van der Waals surface area contributed by atoms with E-state index in [9.17, 15) is 0 Å². The van der Waals surface area contributed by atoms with Crippen molar-refractivity contribution in [1.82, 2.24) is 19.4 Å². The number of halogens is 1. The second-order valence-electron chi connectivity index (χ2n) is 7.09. The predicted octanol–water partition coefficient (Wildman–Crippen LogP) is 5.32. The smallest absolute Gasteiger partial charge is 0.176 e. The maximum absolute atomic E-state index is 5.45. The third kappa shape index (κ3) is 3.08. The zero-order valence-electron chi connectivity index (χ0n) is 16.4. The van der Waals surface area contributed by atoms with Gasteiger partial charge in [0, 0.05) is 42.1 Å². The first-order chi connectivity index (χ1) is 13.5. The fourth-order valence-corrected chi connectivity index (χ4v) is 4.52. The normalized spacial score (nSPS) is 11.3. The van der Waals surface area contributed by atoms with Crippen molar-refractivity contribution in [3.63, 3.8) is 0 Å². The number of rotatable bonds is 2. The molecule has 29 heavy (non-hydrogen) atoms. The third-order valence-electron chi connectivity index (χ3n) is 5.11. The minimum Gasteiger partial charge on any atom is -0.554 e.